The van der Waals surface area contributed by atoms with E-state index in [1.54, 1.807) is 0 Å². The zero-order valence-corrected chi connectivity index (χ0v) is 13.3. The molecule has 0 aromatic rings. The van der Waals surface area contributed by atoms with Crippen molar-refractivity contribution in [2.45, 2.75) is 65.2 Å². The summed E-state index contributed by atoms with van der Waals surface area (Å²) < 4.78 is 0. The molecule has 0 aromatic heterocycles. The molecule has 5 atom stereocenters. The van der Waals surface area contributed by atoms with E-state index in [0.29, 0.717) is 17.3 Å². The number of amides is 2. The Kier molecular flexibility index (Phi) is 3.16. The SMILES string of the molecule is C[C@]12CC3CC(C(CCC(N)=O)C(N)=O)(C1)C[C@@](C)(C3)C2. The number of rotatable bonds is 5. The standard InChI is InChI=1S/C17H28N2O2/c1-15-5-11-6-16(2,8-15)10-17(7-11,9-15)12(14(19)21)3-4-13(18)20/h11-12H,3-10H2,1-2H3,(H2,18,20)(H2,19,21)/t11?,12?,15-,16+,17?. The van der Waals surface area contributed by atoms with Crippen LogP contribution in [0.4, 0.5) is 0 Å². The Balaban J connectivity index is 1.91. The van der Waals surface area contributed by atoms with Crippen LogP contribution in [0.1, 0.15) is 65.2 Å². The highest BCUT2D eigenvalue weighted by Crippen LogP contribution is 2.71. The van der Waals surface area contributed by atoms with Crippen molar-refractivity contribution in [3.05, 3.63) is 0 Å². The van der Waals surface area contributed by atoms with Crippen molar-refractivity contribution >= 4 is 11.8 Å². The Morgan fingerprint density at radius 3 is 2.05 bits per heavy atom. The molecule has 0 saturated heterocycles. The van der Waals surface area contributed by atoms with Gasteiger partial charge in [0, 0.05) is 12.3 Å². The minimum Gasteiger partial charge on any atom is -0.370 e. The predicted molar refractivity (Wildman–Crippen MR) is 81.0 cm³/mol. The normalized spacial score (nSPS) is 45.5. The van der Waals surface area contributed by atoms with Gasteiger partial charge in [-0.3, -0.25) is 9.59 Å². The smallest absolute Gasteiger partial charge is 0.221 e. The van der Waals surface area contributed by atoms with Gasteiger partial charge in [0.15, 0.2) is 0 Å². The summed E-state index contributed by atoms with van der Waals surface area (Å²) in [5.41, 5.74) is 11.8. The molecule has 0 heterocycles. The van der Waals surface area contributed by atoms with E-state index >= 15 is 0 Å². The van der Waals surface area contributed by atoms with E-state index in [9.17, 15) is 9.59 Å². The maximum Gasteiger partial charge on any atom is 0.221 e. The van der Waals surface area contributed by atoms with Crippen LogP contribution in [0.25, 0.3) is 0 Å². The maximum atomic E-state index is 12.1. The van der Waals surface area contributed by atoms with Crippen molar-refractivity contribution < 1.29 is 9.59 Å². The van der Waals surface area contributed by atoms with Gasteiger partial charge in [-0.25, -0.2) is 0 Å². The molecule has 2 amide bonds. The third kappa shape index (κ3) is 2.47. The van der Waals surface area contributed by atoms with E-state index in [1.807, 2.05) is 0 Å². The molecule has 0 aliphatic heterocycles. The van der Waals surface area contributed by atoms with Gasteiger partial charge in [0.05, 0.1) is 0 Å². The molecule has 4 saturated carbocycles. The first-order valence-electron chi connectivity index (χ1n) is 8.23. The summed E-state index contributed by atoms with van der Waals surface area (Å²) in [7, 11) is 0. The summed E-state index contributed by atoms with van der Waals surface area (Å²) in [6, 6.07) is 0. The van der Waals surface area contributed by atoms with E-state index in [0.717, 1.165) is 25.2 Å². The van der Waals surface area contributed by atoms with Crippen LogP contribution in [-0.2, 0) is 9.59 Å². The summed E-state index contributed by atoms with van der Waals surface area (Å²) >= 11 is 0. The highest BCUT2D eigenvalue weighted by Gasteiger charge is 2.62. The van der Waals surface area contributed by atoms with Crippen LogP contribution in [0.3, 0.4) is 0 Å². The highest BCUT2D eigenvalue weighted by atomic mass is 16.1. The van der Waals surface area contributed by atoms with E-state index < -0.39 is 0 Å². The number of carbonyl (C=O) groups is 2. The number of carbonyl (C=O) groups excluding carboxylic acids is 2. The van der Waals surface area contributed by atoms with Crippen LogP contribution >= 0.6 is 0 Å². The van der Waals surface area contributed by atoms with E-state index in [-0.39, 0.29) is 29.6 Å². The zero-order valence-electron chi connectivity index (χ0n) is 13.3. The number of hydrogen-bond donors (Lipinski definition) is 2. The van der Waals surface area contributed by atoms with Crippen LogP contribution in [-0.4, -0.2) is 11.8 Å². The minimum atomic E-state index is -0.330. The molecule has 4 fully saturated rings. The van der Waals surface area contributed by atoms with Gasteiger partial charge in [0.2, 0.25) is 11.8 Å². The molecule has 118 valence electrons. The fraction of sp³-hybridized carbons (Fsp3) is 0.882. The van der Waals surface area contributed by atoms with Gasteiger partial charge in [0.25, 0.3) is 0 Å². The second-order valence-corrected chi connectivity index (χ2v) is 8.95. The monoisotopic (exact) mass is 292 g/mol. The highest BCUT2D eigenvalue weighted by molar-refractivity contribution is 5.79. The van der Waals surface area contributed by atoms with Gasteiger partial charge >= 0.3 is 0 Å². The Morgan fingerprint density at radius 1 is 1.05 bits per heavy atom. The van der Waals surface area contributed by atoms with Crippen molar-refractivity contribution in [1.29, 1.82) is 0 Å². The molecule has 0 aromatic carbocycles. The Labute approximate surface area is 127 Å². The minimum absolute atomic E-state index is 0.0181. The first kappa shape index (κ1) is 14.9. The first-order chi connectivity index (χ1) is 9.65. The lowest BCUT2D eigenvalue weighted by atomic mass is 9.38. The van der Waals surface area contributed by atoms with Gasteiger partial charge in [-0.15, -0.1) is 0 Å². The van der Waals surface area contributed by atoms with Crippen LogP contribution < -0.4 is 11.5 Å². The van der Waals surface area contributed by atoms with Gasteiger partial charge in [-0.1, -0.05) is 13.8 Å². The third-order valence-corrected chi connectivity index (χ3v) is 6.43. The Hall–Kier alpha value is -1.06. The second-order valence-electron chi connectivity index (χ2n) is 8.95. The number of hydrogen-bond acceptors (Lipinski definition) is 2. The van der Waals surface area contributed by atoms with Gasteiger partial charge in [0.1, 0.15) is 0 Å². The second kappa shape index (κ2) is 4.47. The molecule has 4 aliphatic carbocycles. The summed E-state index contributed by atoms with van der Waals surface area (Å²) in [5.74, 6) is -0.0208. The van der Waals surface area contributed by atoms with Crippen molar-refractivity contribution in [3.8, 4) is 0 Å². The van der Waals surface area contributed by atoms with Crippen LogP contribution in [0.15, 0.2) is 0 Å². The fourth-order valence-corrected chi connectivity index (χ4v) is 6.96. The molecule has 3 unspecified atom stereocenters. The van der Waals surface area contributed by atoms with Gasteiger partial charge < -0.3 is 11.5 Å². The molecule has 4 nitrogen and oxygen atoms in total. The molecule has 4 bridgehead atoms. The van der Waals surface area contributed by atoms with Crippen molar-refractivity contribution in [1.82, 2.24) is 0 Å². The summed E-state index contributed by atoms with van der Waals surface area (Å²) in [4.78, 5) is 23.3. The van der Waals surface area contributed by atoms with E-state index in [2.05, 4.69) is 13.8 Å². The lowest BCUT2D eigenvalue weighted by Crippen LogP contribution is -2.59. The van der Waals surface area contributed by atoms with Crippen molar-refractivity contribution in [3.63, 3.8) is 0 Å². The molecular weight excluding hydrogens is 264 g/mol. The van der Waals surface area contributed by atoms with E-state index in [4.69, 9.17) is 11.5 Å². The van der Waals surface area contributed by atoms with Gasteiger partial charge in [-0.2, -0.15) is 0 Å². The average molecular weight is 292 g/mol. The van der Waals surface area contributed by atoms with Crippen molar-refractivity contribution in [2.75, 3.05) is 0 Å². The third-order valence-electron chi connectivity index (χ3n) is 6.43. The maximum absolute atomic E-state index is 12.1. The van der Waals surface area contributed by atoms with Crippen molar-refractivity contribution in [2.24, 2.45) is 39.5 Å². The Bertz CT molecular complexity index is 469. The first-order valence-corrected chi connectivity index (χ1v) is 8.23. The largest absolute Gasteiger partial charge is 0.370 e. The van der Waals surface area contributed by atoms with Gasteiger partial charge in [-0.05, 0) is 67.1 Å². The molecule has 21 heavy (non-hydrogen) atoms. The lowest BCUT2D eigenvalue weighted by Gasteiger charge is -2.67. The summed E-state index contributed by atoms with van der Waals surface area (Å²) in [6.45, 7) is 4.77. The molecule has 4 heteroatoms. The zero-order chi connectivity index (χ0) is 15.5. The molecule has 4 rings (SSSR count). The molecule has 0 radical (unpaired) electrons. The van der Waals surface area contributed by atoms with Crippen LogP contribution in [0, 0.1) is 28.1 Å². The molecular formula is C17H28N2O2. The fourth-order valence-electron chi connectivity index (χ4n) is 6.96. The molecule has 4 N–H and O–H groups in total. The molecule has 0 spiro atoms. The average Bonchev–Trinajstić information content (AvgIpc) is 2.21. The van der Waals surface area contributed by atoms with Crippen LogP contribution in [0.2, 0.25) is 0 Å². The van der Waals surface area contributed by atoms with Crippen LogP contribution in [0.5, 0.6) is 0 Å². The summed E-state index contributed by atoms with van der Waals surface area (Å²) in [6.07, 6.45) is 7.98. The topological polar surface area (TPSA) is 86.2 Å². The quantitative estimate of drug-likeness (QED) is 0.815. The number of nitrogens with two attached hydrogens (primary N) is 2. The Morgan fingerprint density at radius 2 is 1.62 bits per heavy atom. The summed E-state index contributed by atoms with van der Waals surface area (Å²) in [5, 5.41) is 0. The lowest BCUT2D eigenvalue weighted by molar-refractivity contribution is -0.174. The van der Waals surface area contributed by atoms with E-state index in [1.165, 1.54) is 19.3 Å². The molecule has 4 aliphatic rings. The number of primary amides is 2. The predicted octanol–water partition coefficient (Wildman–Crippen LogP) is 2.35.